The fourth-order valence-corrected chi connectivity index (χ4v) is 4.95. The van der Waals surface area contributed by atoms with E-state index in [1.807, 2.05) is 73.7 Å². The quantitative estimate of drug-likeness (QED) is 0.252. The number of para-hydroxylation sites is 1. The molecular formula is C31H31ClN2O4. The highest BCUT2D eigenvalue weighted by molar-refractivity contribution is 6.31. The minimum absolute atomic E-state index is 0.0624. The molecule has 1 atom stereocenters. The van der Waals surface area contributed by atoms with Gasteiger partial charge in [-0.05, 0) is 78.1 Å². The molecule has 1 amide bonds. The number of halogens is 1. The number of methoxy groups -OCH3 is 1. The van der Waals surface area contributed by atoms with E-state index in [0.717, 1.165) is 38.7 Å². The molecule has 2 heterocycles. The molecule has 6 nitrogen and oxygen atoms in total. The third-order valence-electron chi connectivity index (χ3n) is 6.84. The lowest BCUT2D eigenvalue weighted by molar-refractivity contribution is 0.0651. The van der Waals surface area contributed by atoms with Gasteiger partial charge in [-0.2, -0.15) is 0 Å². The zero-order valence-electron chi connectivity index (χ0n) is 22.0. The van der Waals surface area contributed by atoms with Crippen LogP contribution in [0.25, 0.3) is 0 Å². The van der Waals surface area contributed by atoms with E-state index in [1.54, 1.807) is 18.3 Å². The van der Waals surface area contributed by atoms with Crippen molar-refractivity contribution in [3.05, 3.63) is 112 Å². The summed E-state index contributed by atoms with van der Waals surface area (Å²) in [6.45, 7) is 6.83. The van der Waals surface area contributed by atoms with Crippen LogP contribution < -0.4 is 14.8 Å². The van der Waals surface area contributed by atoms with Crippen molar-refractivity contribution < 1.29 is 18.7 Å². The van der Waals surface area contributed by atoms with Crippen LogP contribution in [0, 0.1) is 6.92 Å². The van der Waals surface area contributed by atoms with E-state index in [-0.39, 0.29) is 11.8 Å². The van der Waals surface area contributed by atoms with Gasteiger partial charge in [-0.3, -0.25) is 4.79 Å². The Morgan fingerprint density at radius 2 is 1.87 bits per heavy atom. The van der Waals surface area contributed by atoms with E-state index in [0.29, 0.717) is 30.2 Å². The molecule has 3 aromatic carbocycles. The summed E-state index contributed by atoms with van der Waals surface area (Å²) in [5.74, 6) is 2.41. The van der Waals surface area contributed by atoms with Crippen LogP contribution in [0.4, 0.5) is 5.69 Å². The fraction of sp³-hybridized carbons (Fsp3) is 0.258. The van der Waals surface area contributed by atoms with E-state index >= 15 is 0 Å². The van der Waals surface area contributed by atoms with Gasteiger partial charge in [0.2, 0.25) is 0 Å². The maximum Gasteiger partial charge on any atom is 0.258 e. The molecular weight excluding hydrogens is 500 g/mol. The molecule has 1 aromatic heterocycles. The molecule has 0 spiro atoms. The number of benzene rings is 3. The Kier molecular flexibility index (Phi) is 7.34. The lowest BCUT2D eigenvalue weighted by Crippen LogP contribution is -2.42. The highest BCUT2D eigenvalue weighted by atomic mass is 35.5. The number of carbonyl (C=O) groups is 1. The first-order valence-corrected chi connectivity index (χ1v) is 13.0. The van der Waals surface area contributed by atoms with Crippen LogP contribution in [0.3, 0.4) is 0 Å². The number of amides is 1. The number of nitrogens with zero attached hydrogens (tertiary/aromatic N) is 1. The molecule has 0 fully saturated rings. The lowest BCUT2D eigenvalue weighted by atomic mass is 10.00. The second-order valence-corrected chi connectivity index (χ2v) is 10.2. The summed E-state index contributed by atoms with van der Waals surface area (Å²) >= 11 is 6.39. The first kappa shape index (κ1) is 25.7. The van der Waals surface area contributed by atoms with Crippen molar-refractivity contribution in [2.45, 2.75) is 46.0 Å². The number of carbonyl (C=O) groups excluding carboxylic acids is 1. The standard InChI is InChI=1S/C31H31ClN2O4/c1-19(2)25-16-26(32)20(3)14-29(25)38-18-22-15-21(11-12-28(22)36-4)30-33-27-10-6-5-9-24(27)31(35)34(30)17-23-8-7-13-37-23/h5-16,19,30,33H,17-18H2,1-4H3/t30-/m1/s1. The molecule has 0 bridgehead atoms. The van der Waals surface area contributed by atoms with Crippen molar-refractivity contribution in [1.82, 2.24) is 4.90 Å². The Labute approximate surface area is 228 Å². The average molecular weight is 531 g/mol. The Morgan fingerprint density at radius 1 is 1.05 bits per heavy atom. The molecule has 1 N–H and O–H groups in total. The highest BCUT2D eigenvalue weighted by Crippen LogP contribution is 2.37. The van der Waals surface area contributed by atoms with Crippen LogP contribution in [0.15, 0.2) is 77.4 Å². The summed E-state index contributed by atoms with van der Waals surface area (Å²) in [4.78, 5) is 15.4. The van der Waals surface area contributed by atoms with E-state index in [9.17, 15) is 4.79 Å². The molecule has 0 unspecified atom stereocenters. The summed E-state index contributed by atoms with van der Waals surface area (Å²) in [5, 5.41) is 4.28. The molecule has 38 heavy (non-hydrogen) atoms. The summed E-state index contributed by atoms with van der Waals surface area (Å²) in [7, 11) is 1.65. The van der Waals surface area contributed by atoms with Crippen LogP contribution in [0.2, 0.25) is 5.02 Å². The number of ether oxygens (including phenoxy) is 2. The second kappa shape index (κ2) is 10.8. The number of rotatable bonds is 8. The van der Waals surface area contributed by atoms with Crippen molar-refractivity contribution in [3.8, 4) is 11.5 Å². The predicted molar refractivity (Wildman–Crippen MR) is 149 cm³/mol. The summed E-state index contributed by atoms with van der Waals surface area (Å²) in [5.41, 5.74) is 5.23. The van der Waals surface area contributed by atoms with Gasteiger partial charge >= 0.3 is 0 Å². The van der Waals surface area contributed by atoms with Gasteiger partial charge in [0.1, 0.15) is 30.0 Å². The monoisotopic (exact) mass is 530 g/mol. The van der Waals surface area contributed by atoms with Crippen molar-refractivity contribution >= 4 is 23.2 Å². The number of aryl methyl sites for hydroxylation is 1. The van der Waals surface area contributed by atoms with Crippen molar-refractivity contribution in [2.24, 2.45) is 0 Å². The normalized spacial score (nSPS) is 14.8. The minimum Gasteiger partial charge on any atom is -0.496 e. The largest absolute Gasteiger partial charge is 0.496 e. The second-order valence-electron chi connectivity index (χ2n) is 9.76. The van der Waals surface area contributed by atoms with Gasteiger partial charge in [0.25, 0.3) is 5.91 Å². The van der Waals surface area contributed by atoms with E-state index in [2.05, 4.69) is 19.2 Å². The molecule has 4 aromatic rings. The Bertz CT molecular complexity index is 1450. The Balaban J connectivity index is 1.49. The topological polar surface area (TPSA) is 63.9 Å². The number of furan rings is 1. The Hall–Kier alpha value is -3.90. The van der Waals surface area contributed by atoms with Crippen molar-refractivity contribution in [2.75, 3.05) is 12.4 Å². The zero-order valence-corrected chi connectivity index (χ0v) is 22.7. The molecule has 196 valence electrons. The van der Waals surface area contributed by atoms with Crippen LogP contribution in [-0.2, 0) is 13.2 Å². The third kappa shape index (κ3) is 5.09. The van der Waals surface area contributed by atoms with Gasteiger partial charge in [-0.15, -0.1) is 0 Å². The number of hydrogen-bond donors (Lipinski definition) is 1. The molecule has 7 heteroatoms. The van der Waals surface area contributed by atoms with Gasteiger partial charge in [0.15, 0.2) is 0 Å². The highest BCUT2D eigenvalue weighted by Gasteiger charge is 2.33. The molecule has 1 aliphatic rings. The van der Waals surface area contributed by atoms with Crippen molar-refractivity contribution in [1.29, 1.82) is 0 Å². The van der Waals surface area contributed by atoms with Crippen LogP contribution in [0.1, 0.15) is 64.3 Å². The van der Waals surface area contributed by atoms with Crippen LogP contribution in [-0.4, -0.2) is 17.9 Å². The third-order valence-corrected chi connectivity index (χ3v) is 7.25. The maximum absolute atomic E-state index is 13.6. The number of nitrogens with one attached hydrogen (secondary N) is 1. The first-order valence-electron chi connectivity index (χ1n) is 12.6. The predicted octanol–water partition coefficient (Wildman–Crippen LogP) is 7.72. The van der Waals surface area contributed by atoms with Gasteiger partial charge in [0, 0.05) is 16.3 Å². The van der Waals surface area contributed by atoms with Gasteiger partial charge < -0.3 is 24.1 Å². The minimum atomic E-state index is -0.406. The van der Waals surface area contributed by atoms with E-state index < -0.39 is 6.17 Å². The average Bonchev–Trinajstić information content (AvgIpc) is 3.43. The molecule has 0 radical (unpaired) electrons. The molecule has 5 rings (SSSR count). The van der Waals surface area contributed by atoms with E-state index in [1.165, 1.54) is 0 Å². The lowest BCUT2D eigenvalue weighted by Gasteiger charge is -2.38. The van der Waals surface area contributed by atoms with E-state index in [4.69, 9.17) is 25.5 Å². The zero-order chi connectivity index (χ0) is 26.8. The summed E-state index contributed by atoms with van der Waals surface area (Å²) in [6, 6.07) is 21.1. The molecule has 0 aliphatic carbocycles. The number of anilines is 1. The van der Waals surface area contributed by atoms with Gasteiger partial charge in [-0.25, -0.2) is 0 Å². The smallest absolute Gasteiger partial charge is 0.258 e. The summed E-state index contributed by atoms with van der Waals surface area (Å²) < 4.78 is 17.6. The summed E-state index contributed by atoms with van der Waals surface area (Å²) in [6.07, 6.45) is 1.21. The Morgan fingerprint density at radius 3 is 2.61 bits per heavy atom. The molecule has 0 saturated heterocycles. The number of hydrogen-bond acceptors (Lipinski definition) is 5. The fourth-order valence-electron chi connectivity index (χ4n) is 4.77. The first-order chi connectivity index (χ1) is 18.4. The molecule has 1 aliphatic heterocycles. The van der Waals surface area contributed by atoms with Crippen LogP contribution in [0.5, 0.6) is 11.5 Å². The maximum atomic E-state index is 13.6. The molecule has 0 saturated carbocycles. The van der Waals surface area contributed by atoms with Gasteiger partial charge in [0.05, 0.1) is 25.5 Å². The van der Waals surface area contributed by atoms with Gasteiger partial charge in [-0.1, -0.05) is 43.6 Å². The van der Waals surface area contributed by atoms with Crippen molar-refractivity contribution in [3.63, 3.8) is 0 Å². The van der Waals surface area contributed by atoms with Crippen LogP contribution >= 0.6 is 11.6 Å². The number of fused-ring (bicyclic) bond motifs is 1. The SMILES string of the molecule is COc1ccc([C@@H]2Nc3ccccc3C(=O)N2Cc2ccco2)cc1COc1cc(C)c(Cl)cc1C(C)C.